The van der Waals surface area contributed by atoms with Crippen molar-refractivity contribution in [2.75, 3.05) is 26.9 Å². The summed E-state index contributed by atoms with van der Waals surface area (Å²) in [5.74, 6) is -1.17. The van der Waals surface area contributed by atoms with E-state index in [1.807, 2.05) is 0 Å². The minimum Gasteiger partial charge on any atom is -0.497 e. The summed E-state index contributed by atoms with van der Waals surface area (Å²) in [6.07, 6.45) is 2.55. The van der Waals surface area contributed by atoms with E-state index in [1.54, 1.807) is 37.5 Å². The summed E-state index contributed by atoms with van der Waals surface area (Å²) >= 11 is 0. The van der Waals surface area contributed by atoms with Gasteiger partial charge in [-0.2, -0.15) is 0 Å². The van der Waals surface area contributed by atoms with Crippen molar-refractivity contribution in [1.82, 2.24) is 0 Å². The lowest BCUT2D eigenvalue weighted by Gasteiger charge is -2.06. The molecule has 0 heterocycles. The summed E-state index contributed by atoms with van der Waals surface area (Å²) in [5.41, 5.74) is 0.735. The number of ketones is 1. The molecule has 7 nitrogen and oxygen atoms in total. The van der Waals surface area contributed by atoms with Crippen LogP contribution in [0.4, 0.5) is 0 Å². The Morgan fingerprint density at radius 1 is 1.12 bits per heavy atom. The number of methoxy groups -OCH3 is 1. The van der Waals surface area contributed by atoms with Crippen molar-refractivity contribution in [2.45, 2.75) is 6.42 Å². The summed E-state index contributed by atoms with van der Waals surface area (Å²) in [4.78, 5) is 34.0. The highest BCUT2D eigenvalue weighted by molar-refractivity contribution is 5.95. The summed E-state index contributed by atoms with van der Waals surface area (Å²) in [6, 6.07) is 7.09. The molecule has 0 amide bonds. The van der Waals surface area contributed by atoms with Crippen LogP contribution in [0.1, 0.15) is 12.0 Å². The highest BCUT2D eigenvalue weighted by atomic mass is 16.6. The van der Waals surface area contributed by atoms with E-state index in [1.165, 1.54) is 6.08 Å². The lowest BCUT2D eigenvalue weighted by Crippen LogP contribution is -2.16. The van der Waals surface area contributed by atoms with Gasteiger partial charge in [-0.1, -0.05) is 18.7 Å². The Bertz CT molecular complexity index is 644. The van der Waals surface area contributed by atoms with E-state index in [9.17, 15) is 14.4 Å². The minimum absolute atomic E-state index is 0.0650. The third kappa shape index (κ3) is 7.94. The van der Waals surface area contributed by atoms with Crippen LogP contribution in [0.2, 0.25) is 0 Å². The van der Waals surface area contributed by atoms with Crippen molar-refractivity contribution in [2.24, 2.45) is 0 Å². The van der Waals surface area contributed by atoms with Crippen LogP contribution in [0.3, 0.4) is 0 Å². The van der Waals surface area contributed by atoms with Crippen LogP contribution in [-0.4, -0.2) is 49.8 Å². The fraction of sp³-hybridized carbons (Fsp3) is 0.278. The van der Waals surface area contributed by atoms with Crippen molar-refractivity contribution < 1.29 is 33.7 Å². The number of carbonyl (C=O) groups is 3. The molecular formula is C18H20O7. The van der Waals surface area contributed by atoms with E-state index in [-0.39, 0.29) is 25.2 Å². The van der Waals surface area contributed by atoms with Crippen LogP contribution in [0, 0.1) is 0 Å². The maximum atomic E-state index is 11.5. The molecule has 25 heavy (non-hydrogen) atoms. The second-order valence-electron chi connectivity index (χ2n) is 4.89. The lowest BCUT2D eigenvalue weighted by molar-refractivity contribution is -0.147. The molecule has 0 saturated carbocycles. The van der Waals surface area contributed by atoms with E-state index in [0.29, 0.717) is 5.75 Å². The van der Waals surface area contributed by atoms with Crippen LogP contribution in [0.15, 0.2) is 42.5 Å². The van der Waals surface area contributed by atoms with Gasteiger partial charge < -0.3 is 19.3 Å². The average molecular weight is 348 g/mol. The Morgan fingerprint density at radius 2 is 1.76 bits per heavy atom. The molecule has 7 heteroatoms. The van der Waals surface area contributed by atoms with Crippen LogP contribution in [0.25, 0.3) is 6.08 Å². The monoisotopic (exact) mass is 348 g/mol. The molecule has 134 valence electrons. The molecule has 0 bridgehead atoms. The molecule has 1 N–H and O–H groups in total. The normalized spacial score (nSPS) is 10.3. The standard InChI is InChI=1S/C18H20O7/c1-13(11-15(20)12-19)18(22)25-10-9-24-17(21)8-5-14-3-6-16(23-2)7-4-14/h3-8,19H,1,9-12H2,2H3/b8-5+. The highest BCUT2D eigenvalue weighted by Gasteiger charge is 2.12. The van der Waals surface area contributed by atoms with Crippen LogP contribution < -0.4 is 4.74 Å². The smallest absolute Gasteiger partial charge is 0.333 e. The van der Waals surface area contributed by atoms with E-state index in [2.05, 4.69) is 6.58 Å². The number of benzene rings is 1. The zero-order valence-electron chi connectivity index (χ0n) is 13.9. The fourth-order valence-corrected chi connectivity index (χ4v) is 1.67. The van der Waals surface area contributed by atoms with Crippen molar-refractivity contribution in [3.63, 3.8) is 0 Å². The summed E-state index contributed by atoms with van der Waals surface area (Å²) in [6.45, 7) is 2.45. The van der Waals surface area contributed by atoms with E-state index >= 15 is 0 Å². The molecule has 1 aromatic carbocycles. The van der Waals surface area contributed by atoms with Gasteiger partial charge in [0.15, 0.2) is 5.78 Å². The SMILES string of the molecule is C=C(CC(=O)CO)C(=O)OCCOC(=O)/C=C/c1ccc(OC)cc1. The number of carbonyl (C=O) groups excluding carboxylic acids is 3. The second kappa shape index (κ2) is 10.8. The molecule has 1 aromatic rings. The Labute approximate surface area is 145 Å². The molecule has 0 aliphatic heterocycles. The Hall–Kier alpha value is -2.93. The van der Waals surface area contributed by atoms with Gasteiger partial charge in [-0.05, 0) is 23.8 Å². The molecule has 0 fully saturated rings. The van der Waals surface area contributed by atoms with Crippen LogP contribution in [-0.2, 0) is 23.9 Å². The maximum absolute atomic E-state index is 11.5. The van der Waals surface area contributed by atoms with Gasteiger partial charge >= 0.3 is 11.9 Å². The average Bonchev–Trinajstić information content (AvgIpc) is 2.63. The molecule has 0 saturated heterocycles. The van der Waals surface area contributed by atoms with E-state index in [0.717, 1.165) is 5.56 Å². The molecule has 0 aliphatic carbocycles. The summed E-state index contributed by atoms with van der Waals surface area (Å²) in [7, 11) is 1.56. The van der Waals surface area contributed by atoms with Gasteiger partial charge in [0.25, 0.3) is 0 Å². The quantitative estimate of drug-likeness (QED) is 0.386. The number of rotatable bonds is 10. The first-order valence-corrected chi connectivity index (χ1v) is 7.42. The number of hydrogen-bond donors (Lipinski definition) is 1. The zero-order valence-corrected chi connectivity index (χ0v) is 13.9. The first-order valence-electron chi connectivity index (χ1n) is 7.42. The third-order valence-corrected chi connectivity index (χ3v) is 2.96. The molecule has 0 unspecified atom stereocenters. The fourth-order valence-electron chi connectivity index (χ4n) is 1.67. The molecule has 0 spiro atoms. The first kappa shape index (κ1) is 20.1. The Balaban J connectivity index is 2.27. The Kier molecular flexibility index (Phi) is 8.67. The van der Waals surface area contributed by atoms with Gasteiger partial charge in [-0.25, -0.2) is 9.59 Å². The van der Waals surface area contributed by atoms with Crippen molar-refractivity contribution in [1.29, 1.82) is 0 Å². The van der Waals surface area contributed by atoms with Gasteiger partial charge in [-0.15, -0.1) is 0 Å². The molecule has 0 aliphatic rings. The first-order chi connectivity index (χ1) is 12.0. The number of esters is 2. The highest BCUT2D eigenvalue weighted by Crippen LogP contribution is 2.12. The lowest BCUT2D eigenvalue weighted by atomic mass is 10.1. The maximum Gasteiger partial charge on any atom is 0.333 e. The number of Topliss-reactive ketones (excluding diaryl/α,β-unsaturated/α-hetero) is 1. The van der Waals surface area contributed by atoms with Crippen LogP contribution >= 0.6 is 0 Å². The summed E-state index contributed by atoms with van der Waals surface area (Å²) < 4.78 is 14.7. The second-order valence-corrected chi connectivity index (χ2v) is 4.89. The van der Waals surface area contributed by atoms with Crippen molar-refractivity contribution in [3.8, 4) is 5.75 Å². The number of aliphatic hydroxyl groups is 1. The van der Waals surface area contributed by atoms with Gasteiger partial charge in [0.05, 0.1) is 7.11 Å². The van der Waals surface area contributed by atoms with Crippen LogP contribution in [0.5, 0.6) is 5.75 Å². The minimum atomic E-state index is -0.772. The predicted octanol–water partition coefficient (Wildman–Crippen LogP) is 1.30. The zero-order chi connectivity index (χ0) is 18.7. The van der Waals surface area contributed by atoms with Gasteiger partial charge in [0, 0.05) is 18.1 Å². The van der Waals surface area contributed by atoms with E-state index in [4.69, 9.17) is 19.3 Å². The topological polar surface area (TPSA) is 99.1 Å². The Morgan fingerprint density at radius 3 is 2.36 bits per heavy atom. The number of aliphatic hydroxyl groups excluding tert-OH is 1. The predicted molar refractivity (Wildman–Crippen MR) is 89.8 cm³/mol. The molecule has 0 atom stereocenters. The largest absolute Gasteiger partial charge is 0.497 e. The molecule has 0 radical (unpaired) electrons. The van der Waals surface area contributed by atoms with Crippen molar-refractivity contribution >= 4 is 23.8 Å². The third-order valence-electron chi connectivity index (χ3n) is 2.96. The molecule has 1 rings (SSSR count). The van der Waals surface area contributed by atoms with Gasteiger partial charge in [0.1, 0.15) is 25.6 Å². The molecule has 0 aromatic heterocycles. The van der Waals surface area contributed by atoms with E-state index < -0.39 is 24.3 Å². The number of ether oxygens (including phenoxy) is 3. The number of hydrogen-bond acceptors (Lipinski definition) is 7. The molecular weight excluding hydrogens is 328 g/mol. The van der Waals surface area contributed by atoms with Gasteiger partial charge in [-0.3, -0.25) is 4.79 Å². The van der Waals surface area contributed by atoms with Gasteiger partial charge in [0.2, 0.25) is 0 Å². The summed E-state index contributed by atoms with van der Waals surface area (Å²) in [5, 5.41) is 8.59. The van der Waals surface area contributed by atoms with Crippen molar-refractivity contribution in [3.05, 3.63) is 48.1 Å².